The molecule has 0 aromatic carbocycles. The van der Waals surface area contributed by atoms with Crippen molar-refractivity contribution >= 4 is 17.6 Å². The van der Waals surface area contributed by atoms with Gasteiger partial charge in [-0.15, -0.1) is 0 Å². The summed E-state index contributed by atoms with van der Waals surface area (Å²) in [6, 6.07) is 5.83. The molecule has 1 aliphatic rings. The number of fused-ring (bicyclic) bond motifs is 1. The molecule has 0 bridgehead atoms. The van der Waals surface area contributed by atoms with Crippen molar-refractivity contribution in [3.8, 4) is 0 Å². The van der Waals surface area contributed by atoms with Gasteiger partial charge in [0.15, 0.2) is 0 Å². The molecule has 7 heteroatoms. The fourth-order valence-corrected chi connectivity index (χ4v) is 3.11. The lowest BCUT2D eigenvalue weighted by atomic mass is 10.0. The van der Waals surface area contributed by atoms with Crippen molar-refractivity contribution < 1.29 is 14.3 Å². The summed E-state index contributed by atoms with van der Waals surface area (Å²) in [6.07, 6.45) is 2.80. The fraction of sp³-hybridized carbons (Fsp3) is 0.526. The number of nitrogens with zero attached hydrogens (tertiary/aromatic N) is 3. The van der Waals surface area contributed by atoms with Crippen LogP contribution >= 0.6 is 0 Å². The van der Waals surface area contributed by atoms with Crippen LogP contribution < -0.4 is 5.32 Å². The van der Waals surface area contributed by atoms with Crippen LogP contribution in [-0.2, 0) is 4.74 Å². The third-order valence-corrected chi connectivity index (χ3v) is 4.42. The zero-order chi connectivity index (χ0) is 18.9. The molecule has 2 aromatic heterocycles. The Labute approximate surface area is 153 Å². The molecular weight excluding hydrogens is 332 g/mol. The number of piperidine rings is 1. The van der Waals surface area contributed by atoms with Gasteiger partial charge in [-0.05, 0) is 52.7 Å². The Kier molecular flexibility index (Phi) is 4.89. The van der Waals surface area contributed by atoms with E-state index in [1.54, 1.807) is 11.1 Å². The van der Waals surface area contributed by atoms with Gasteiger partial charge in [0.05, 0.1) is 0 Å². The Morgan fingerprint density at radius 2 is 1.92 bits per heavy atom. The van der Waals surface area contributed by atoms with Gasteiger partial charge in [0.25, 0.3) is 5.91 Å². The van der Waals surface area contributed by atoms with Gasteiger partial charge in [-0.2, -0.15) is 0 Å². The molecule has 0 spiro atoms. The largest absolute Gasteiger partial charge is 0.444 e. The molecule has 3 rings (SSSR count). The number of aromatic nitrogens is 2. The minimum atomic E-state index is -0.512. The summed E-state index contributed by atoms with van der Waals surface area (Å²) >= 11 is 0. The molecule has 1 fully saturated rings. The van der Waals surface area contributed by atoms with E-state index in [1.807, 2.05) is 50.3 Å². The van der Waals surface area contributed by atoms with E-state index in [1.165, 1.54) is 0 Å². The first-order chi connectivity index (χ1) is 12.2. The first kappa shape index (κ1) is 18.2. The number of imidazole rings is 1. The minimum absolute atomic E-state index is 0.0252. The monoisotopic (exact) mass is 358 g/mol. The molecule has 0 aliphatic carbocycles. The Bertz CT molecular complexity index is 814. The van der Waals surface area contributed by atoms with Crippen molar-refractivity contribution in [2.45, 2.75) is 52.2 Å². The Hall–Kier alpha value is -2.57. The molecular formula is C19H26N4O3. The van der Waals surface area contributed by atoms with E-state index in [0.29, 0.717) is 31.6 Å². The molecule has 0 atom stereocenters. The number of hydrogen-bond donors (Lipinski definition) is 1. The molecule has 3 heterocycles. The topological polar surface area (TPSA) is 75.9 Å². The highest BCUT2D eigenvalue weighted by Gasteiger charge is 2.27. The van der Waals surface area contributed by atoms with Crippen molar-refractivity contribution in [3.05, 3.63) is 35.8 Å². The number of carbonyl (C=O) groups excluding carboxylic acids is 2. The maximum Gasteiger partial charge on any atom is 0.407 e. The molecule has 2 aromatic rings. The Morgan fingerprint density at radius 1 is 1.23 bits per heavy atom. The van der Waals surface area contributed by atoms with Crippen LogP contribution in [-0.4, -0.2) is 51.0 Å². The SMILES string of the molecule is Cc1cccc2nc(C(=O)N3CCC(NC(=O)OC(C)(C)C)CC3)cn12. The molecule has 140 valence electrons. The van der Waals surface area contributed by atoms with E-state index < -0.39 is 11.7 Å². The zero-order valence-corrected chi connectivity index (χ0v) is 15.8. The third kappa shape index (κ3) is 4.15. The van der Waals surface area contributed by atoms with Crippen LogP contribution in [0.3, 0.4) is 0 Å². The molecule has 26 heavy (non-hydrogen) atoms. The highest BCUT2D eigenvalue weighted by atomic mass is 16.6. The summed E-state index contributed by atoms with van der Waals surface area (Å²) in [6.45, 7) is 8.67. The van der Waals surface area contributed by atoms with Gasteiger partial charge in [-0.3, -0.25) is 4.79 Å². The molecule has 0 unspecified atom stereocenters. The van der Waals surface area contributed by atoms with E-state index >= 15 is 0 Å². The maximum atomic E-state index is 12.7. The predicted molar refractivity (Wildman–Crippen MR) is 98.2 cm³/mol. The van der Waals surface area contributed by atoms with Crippen LogP contribution in [0.25, 0.3) is 5.65 Å². The van der Waals surface area contributed by atoms with E-state index in [2.05, 4.69) is 10.3 Å². The van der Waals surface area contributed by atoms with E-state index in [-0.39, 0.29) is 11.9 Å². The standard InChI is InChI=1S/C19H26N4O3/c1-13-6-5-7-16-21-15(12-23(13)16)17(24)22-10-8-14(9-11-22)20-18(25)26-19(2,3)4/h5-7,12,14H,8-11H2,1-4H3,(H,20,25). The van der Waals surface area contributed by atoms with Gasteiger partial charge in [0.2, 0.25) is 0 Å². The Balaban J connectivity index is 1.58. The Morgan fingerprint density at radius 3 is 2.54 bits per heavy atom. The quantitative estimate of drug-likeness (QED) is 0.896. The molecule has 0 radical (unpaired) electrons. The number of nitrogens with one attached hydrogen (secondary N) is 1. The molecule has 1 N–H and O–H groups in total. The van der Waals surface area contributed by atoms with Crippen molar-refractivity contribution in [3.63, 3.8) is 0 Å². The number of ether oxygens (including phenoxy) is 1. The first-order valence-corrected chi connectivity index (χ1v) is 8.96. The average molecular weight is 358 g/mol. The lowest BCUT2D eigenvalue weighted by Gasteiger charge is -2.32. The maximum absolute atomic E-state index is 12.7. The number of carbonyl (C=O) groups is 2. The second kappa shape index (κ2) is 6.97. The van der Waals surface area contributed by atoms with Gasteiger partial charge < -0.3 is 19.4 Å². The van der Waals surface area contributed by atoms with Crippen molar-refractivity contribution in [1.82, 2.24) is 19.6 Å². The average Bonchev–Trinajstić information content (AvgIpc) is 2.99. The number of pyridine rings is 1. The summed E-state index contributed by atoms with van der Waals surface area (Å²) in [5.74, 6) is -0.0659. The lowest BCUT2D eigenvalue weighted by molar-refractivity contribution is 0.0473. The number of aryl methyl sites for hydroxylation is 1. The van der Waals surface area contributed by atoms with Crippen molar-refractivity contribution in [2.24, 2.45) is 0 Å². The van der Waals surface area contributed by atoms with E-state index in [4.69, 9.17) is 4.74 Å². The number of likely N-dealkylation sites (tertiary alicyclic amines) is 1. The number of hydrogen-bond acceptors (Lipinski definition) is 4. The van der Waals surface area contributed by atoms with Crippen LogP contribution in [0.1, 0.15) is 49.8 Å². The predicted octanol–water partition coefficient (Wildman–Crippen LogP) is 2.77. The second-order valence-corrected chi connectivity index (χ2v) is 7.73. The van der Waals surface area contributed by atoms with Gasteiger partial charge in [0.1, 0.15) is 16.9 Å². The van der Waals surface area contributed by atoms with Crippen LogP contribution in [0.4, 0.5) is 4.79 Å². The number of alkyl carbamates (subject to hydrolysis) is 1. The van der Waals surface area contributed by atoms with Crippen LogP contribution in [0, 0.1) is 6.92 Å². The highest BCUT2D eigenvalue weighted by Crippen LogP contribution is 2.16. The van der Waals surface area contributed by atoms with Gasteiger partial charge in [-0.1, -0.05) is 6.07 Å². The summed E-state index contributed by atoms with van der Waals surface area (Å²) in [5, 5.41) is 2.88. The van der Waals surface area contributed by atoms with Gasteiger partial charge in [-0.25, -0.2) is 9.78 Å². The van der Waals surface area contributed by atoms with Crippen LogP contribution in [0.15, 0.2) is 24.4 Å². The molecule has 7 nitrogen and oxygen atoms in total. The molecule has 1 saturated heterocycles. The van der Waals surface area contributed by atoms with Gasteiger partial charge in [0, 0.05) is 31.0 Å². The smallest absolute Gasteiger partial charge is 0.407 e. The number of amides is 2. The zero-order valence-electron chi connectivity index (χ0n) is 15.8. The summed E-state index contributed by atoms with van der Waals surface area (Å²) in [7, 11) is 0. The normalized spacial score (nSPS) is 15.9. The second-order valence-electron chi connectivity index (χ2n) is 7.73. The van der Waals surface area contributed by atoms with Crippen LogP contribution in [0.2, 0.25) is 0 Å². The molecule has 0 saturated carbocycles. The first-order valence-electron chi connectivity index (χ1n) is 8.96. The van der Waals surface area contributed by atoms with Crippen molar-refractivity contribution in [1.29, 1.82) is 0 Å². The van der Waals surface area contributed by atoms with E-state index in [9.17, 15) is 9.59 Å². The third-order valence-electron chi connectivity index (χ3n) is 4.42. The fourth-order valence-electron chi connectivity index (χ4n) is 3.11. The van der Waals surface area contributed by atoms with Gasteiger partial charge >= 0.3 is 6.09 Å². The molecule has 1 aliphatic heterocycles. The minimum Gasteiger partial charge on any atom is -0.444 e. The summed E-state index contributed by atoms with van der Waals surface area (Å²) in [4.78, 5) is 30.8. The summed E-state index contributed by atoms with van der Waals surface area (Å²) < 4.78 is 7.21. The lowest BCUT2D eigenvalue weighted by Crippen LogP contribution is -2.47. The molecule has 2 amide bonds. The number of rotatable bonds is 2. The van der Waals surface area contributed by atoms with E-state index in [0.717, 1.165) is 11.3 Å². The van der Waals surface area contributed by atoms with Crippen LogP contribution in [0.5, 0.6) is 0 Å². The summed E-state index contributed by atoms with van der Waals surface area (Å²) in [5.41, 5.74) is 1.75. The van der Waals surface area contributed by atoms with Crippen molar-refractivity contribution in [2.75, 3.05) is 13.1 Å². The highest BCUT2D eigenvalue weighted by molar-refractivity contribution is 5.93.